The van der Waals surface area contributed by atoms with Gasteiger partial charge >= 0.3 is 0 Å². The summed E-state index contributed by atoms with van der Waals surface area (Å²) in [5.41, 5.74) is 11.5. The smallest absolute Gasteiger partial charge is 0.245 e. The summed E-state index contributed by atoms with van der Waals surface area (Å²) in [5, 5.41) is 26.9. The van der Waals surface area contributed by atoms with Crippen molar-refractivity contribution in [2.75, 3.05) is 17.2 Å². The number of pyridine rings is 1. The number of nitrogens with one attached hydrogen (secondary N) is 2. The van der Waals surface area contributed by atoms with Crippen molar-refractivity contribution in [3.63, 3.8) is 0 Å². The molecule has 3 heterocycles. The van der Waals surface area contributed by atoms with E-state index in [9.17, 15) is 10.1 Å². The number of nitriles is 1. The topological polar surface area (TPSA) is 147 Å². The number of benzene rings is 2. The molecule has 0 saturated heterocycles. The van der Waals surface area contributed by atoms with Gasteiger partial charge in [0.25, 0.3) is 0 Å². The molecule has 2 aromatic carbocycles. The van der Waals surface area contributed by atoms with Gasteiger partial charge in [0.05, 0.1) is 49.8 Å². The van der Waals surface area contributed by atoms with Crippen LogP contribution in [0.1, 0.15) is 56.5 Å². The van der Waals surface area contributed by atoms with E-state index in [1.54, 1.807) is 17.1 Å². The lowest BCUT2D eigenvalue weighted by molar-refractivity contribution is -0.122. The van der Waals surface area contributed by atoms with Crippen molar-refractivity contribution in [3.8, 4) is 6.07 Å². The number of amides is 1. The molecule has 5 aromatic rings. The lowest BCUT2D eigenvalue weighted by atomic mass is 9.96. The van der Waals surface area contributed by atoms with Gasteiger partial charge < -0.3 is 16.4 Å². The Hall–Kier alpha value is -4.27. The van der Waals surface area contributed by atoms with Crippen LogP contribution in [0.5, 0.6) is 0 Å². The number of nitrogens with two attached hydrogens (primary N) is 1. The van der Waals surface area contributed by atoms with Crippen LogP contribution >= 0.6 is 22.9 Å². The number of nitrogens with zero attached hydrogens (tertiary/aromatic N) is 6. The highest BCUT2D eigenvalue weighted by atomic mass is 35.5. The molecule has 208 valence electrons. The van der Waals surface area contributed by atoms with Gasteiger partial charge in [0.15, 0.2) is 0 Å². The maximum absolute atomic E-state index is 12.2. The third-order valence-electron chi connectivity index (χ3n) is 7.28. The van der Waals surface area contributed by atoms with Crippen molar-refractivity contribution in [3.05, 3.63) is 70.1 Å². The third-order valence-corrected chi connectivity index (χ3v) is 8.46. The van der Waals surface area contributed by atoms with E-state index in [2.05, 4.69) is 57.8 Å². The molecule has 0 radical (unpaired) electrons. The van der Waals surface area contributed by atoms with Crippen LogP contribution in [-0.2, 0) is 10.3 Å². The summed E-state index contributed by atoms with van der Waals surface area (Å²) in [6, 6.07) is 11.5. The zero-order valence-corrected chi connectivity index (χ0v) is 24.3. The Morgan fingerprint density at radius 2 is 2.10 bits per heavy atom. The first kappa shape index (κ1) is 26.9. The molecule has 41 heavy (non-hydrogen) atoms. The molecule has 1 aliphatic carbocycles. The number of fused-ring (bicyclic) bond motifs is 2. The molecule has 10 nitrogen and oxygen atoms in total. The summed E-state index contributed by atoms with van der Waals surface area (Å²) in [6.07, 6.45) is 4.59. The van der Waals surface area contributed by atoms with E-state index < -0.39 is 17.5 Å². The number of carbonyl (C=O) groups excluding carboxylic acids is 1. The first-order valence-corrected chi connectivity index (χ1v) is 14.4. The Morgan fingerprint density at radius 3 is 2.80 bits per heavy atom. The summed E-state index contributed by atoms with van der Waals surface area (Å²) in [6.45, 7) is 7.02. The molecule has 12 heteroatoms. The van der Waals surface area contributed by atoms with E-state index in [1.165, 1.54) is 11.3 Å². The first-order chi connectivity index (χ1) is 19.6. The number of rotatable bonds is 8. The van der Waals surface area contributed by atoms with Gasteiger partial charge in [-0.05, 0) is 42.0 Å². The van der Waals surface area contributed by atoms with Gasteiger partial charge in [-0.2, -0.15) is 5.26 Å². The SMILES string of the molecule is CC(C)(C)CNc1c(C#N)cnc2c(Cl)cc(NC(c3cn(C4(C(N)=O)CC4)nn3)c3cccc4ncsc34)cc12. The lowest BCUT2D eigenvalue weighted by Crippen LogP contribution is -2.34. The first-order valence-electron chi connectivity index (χ1n) is 13.2. The molecule has 4 N–H and O–H groups in total. The fraction of sp³-hybridized carbons (Fsp3) is 0.310. The minimum absolute atomic E-state index is 0.0177. The number of anilines is 2. The average Bonchev–Trinajstić information content (AvgIpc) is 3.35. The van der Waals surface area contributed by atoms with Crippen LogP contribution < -0.4 is 16.4 Å². The number of primary amides is 1. The second-order valence-electron chi connectivity index (χ2n) is 11.5. The molecule has 1 saturated carbocycles. The van der Waals surface area contributed by atoms with Crippen LogP contribution in [0, 0.1) is 16.7 Å². The van der Waals surface area contributed by atoms with Crippen LogP contribution in [-0.4, -0.2) is 37.4 Å². The fourth-order valence-electron chi connectivity index (χ4n) is 4.91. The van der Waals surface area contributed by atoms with Gasteiger partial charge in [-0.25, -0.2) is 9.67 Å². The summed E-state index contributed by atoms with van der Waals surface area (Å²) in [5.74, 6) is -0.416. The fourth-order valence-corrected chi connectivity index (χ4v) is 6.01. The molecule has 0 aliphatic heterocycles. The van der Waals surface area contributed by atoms with Crippen LogP contribution in [0.25, 0.3) is 21.1 Å². The minimum atomic E-state index is -0.828. The molecule has 6 rings (SSSR count). The molecular weight excluding hydrogens is 558 g/mol. The second-order valence-corrected chi connectivity index (χ2v) is 12.8. The van der Waals surface area contributed by atoms with Gasteiger partial charge in [0, 0.05) is 23.8 Å². The van der Waals surface area contributed by atoms with E-state index in [1.807, 2.05) is 35.8 Å². The number of hydrogen-bond donors (Lipinski definition) is 3. The van der Waals surface area contributed by atoms with E-state index in [-0.39, 0.29) is 5.41 Å². The highest BCUT2D eigenvalue weighted by Gasteiger charge is 2.52. The Labute approximate surface area is 245 Å². The quantitative estimate of drug-likeness (QED) is 0.213. The van der Waals surface area contributed by atoms with Gasteiger partial charge in [-0.1, -0.05) is 49.7 Å². The zero-order valence-electron chi connectivity index (χ0n) is 22.8. The number of hydrogen-bond acceptors (Lipinski definition) is 9. The summed E-state index contributed by atoms with van der Waals surface area (Å²) >= 11 is 8.31. The molecule has 1 atom stereocenters. The van der Waals surface area contributed by atoms with Crippen molar-refractivity contribution in [2.45, 2.75) is 45.2 Å². The number of aromatic nitrogens is 5. The average molecular weight is 586 g/mol. The van der Waals surface area contributed by atoms with Crippen LogP contribution in [0.4, 0.5) is 11.4 Å². The lowest BCUT2D eigenvalue weighted by Gasteiger charge is -2.22. The standard InChI is InChI=1S/C29H28ClN9OS/c1-28(2,3)14-34-23-16(11-31)12-33-24-19(23)9-17(10-20(24)30)36-25(18-5-4-6-21-26(18)41-15-35-21)22-13-39(38-37-22)29(7-8-29)27(32)40/h4-6,9-10,12-13,15,25,36H,7-8,14H2,1-3H3,(H2,32,40)(H,33,34). The van der Waals surface area contributed by atoms with Crippen molar-refractivity contribution < 1.29 is 4.79 Å². The number of thiazole rings is 1. The highest BCUT2D eigenvalue weighted by molar-refractivity contribution is 7.17. The van der Waals surface area contributed by atoms with Gasteiger partial charge in [0.1, 0.15) is 17.3 Å². The monoisotopic (exact) mass is 585 g/mol. The maximum atomic E-state index is 12.2. The molecule has 1 amide bonds. The van der Waals surface area contributed by atoms with Crippen molar-refractivity contribution >= 4 is 61.3 Å². The molecular formula is C29H28ClN9OS. The Balaban J connectivity index is 1.47. The van der Waals surface area contributed by atoms with Gasteiger partial charge in [0.2, 0.25) is 5.91 Å². The molecule has 1 aliphatic rings. The highest BCUT2D eigenvalue weighted by Crippen LogP contribution is 2.43. The van der Waals surface area contributed by atoms with Crippen LogP contribution in [0.2, 0.25) is 5.02 Å². The third kappa shape index (κ3) is 4.94. The van der Waals surface area contributed by atoms with E-state index in [0.717, 1.165) is 21.2 Å². The van der Waals surface area contributed by atoms with Crippen LogP contribution in [0.15, 0.2) is 48.2 Å². The number of carbonyl (C=O) groups is 1. The van der Waals surface area contributed by atoms with E-state index in [0.29, 0.717) is 52.6 Å². The Kier molecular flexibility index (Phi) is 6.55. The van der Waals surface area contributed by atoms with Crippen LogP contribution in [0.3, 0.4) is 0 Å². The van der Waals surface area contributed by atoms with Crippen molar-refractivity contribution in [1.82, 2.24) is 25.0 Å². The molecule has 0 bridgehead atoms. The molecule has 0 spiro atoms. The molecule has 1 fully saturated rings. The minimum Gasteiger partial charge on any atom is -0.383 e. The Bertz CT molecular complexity index is 1840. The predicted octanol–water partition coefficient (Wildman–Crippen LogP) is 5.59. The maximum Gasteiger partial charge on any atom is 0.245 e. The van der Waals surface area contributed by atoms with E-state index >= 15 is 0 Å². The largest absolute Gasteiger partial charge is 0.383 e. The predicted molar refractivity (Wildman–Crippen MR) is 161 cm³/mol. The van der Waals surface area contributed by atoms with Crippen molar-refractivity contribution in [2.24, 2.45) is 11.1 Å². The Morgan fingerprint density at radius 1 is 1.29 bits per heavy atom. The normalized spacial score (nSPS) is 15.0. The van der Waals surface area contributed by atoms with Crippen molar-refractivity contribution in [1.29, 1.82) is 5.26 Å². The van der Waals surface area contributed by atoms with E-state index in [4.69, 9.17) is 17.3 Å². The number of halogens is 1. The van der Waals surface area contributed by atoms with Gasteiger partial charge in [-0.15, -0.1) is 16.4 Å². The molecule has 1 unspecified atom stereocenters. The van der Waals surface area contributed by atoms with Gasteiger partial charge in [-0.3, -0.25) is 9.78 Å². The summed E-state index contributed by atoms with van der Waals surface area (Å²) < 4.78 is 2.58. The summed E-state index contributed by atoms with van der Waals surface area (Å²) in [4.78, 5) is 21.2. The second kappa shape index (κ2) is 9.98. The zero-order chi connectivity index (χ0) is 28.9. The molecule has 3 aromatic heterocycles. The summed E-state index contributed by atoms with van der Waals surface area (Å²) in [7, 11) is 0.